The predicted molar refractivity (Wildman–Crippen MR) is 66.3 cm³/mol. The fourth-order valence-corrected chi connectivity index (χ4v) is 1.45. The molecule has 1 aromatic carbocycles. The molecule has 19 heavy (non-hydrogen) atoms. The Labute approximate surface area is 109 Å². The van der Waals surface area contributed by atoms with Crippen molar-refractivity contribution in [1.82, 2.24) is 9.97 Å². The Hall–Kier alpha value is -2.48. The number of nitrogens with zero attached hydrogens (tertiary/aromatic N) is 2. The first-order valence-corrected chi connectivity index (χ1v) is 5.51. The van der Waals surface area contributed by atoms with Crippen molar-refractivity contribution in [3.63, 3.8) is 0 Å². The number of halogens is 2. The molecule has 0 aliphatic rings. The molecule has 0 N–H and O–H groups in total. The van der Waals surface area contributed by atoms with Gasteiger partial charge in [0, 0.05) is 11.6 Å². The summed E-state index contributed by atoms with van der Waals surface area (Å²) < 4.78 is 32.0. The zero-order valence-electron chi connectivity index (χ0n) is 10.2. The van der Waals surface area contributed by atoms with Crippen molar-refractivity contribution in [2.24, 2.45) is 0 Å². The van der Waals surface area contributed by atoms with Crippen LogP contribution in [0.3, 0.4) is 0 Å². The van der Waals surface area contributed by atoms with Crippen LogP contribution in [-0.2, 0) is 0 Å². The summed E-state index contributed by atoms with van der Waals surface area (Å²) in [7, 11) is 0. The third-order valence-corrected chi connectivity index (χ3v) is 2.34. The highest BCUT2D eigenvalue weighted by Crippen LogP contribution is 2.24. The van der Waals surface area contributed by atoms with Crippen LogP contribution >= 0.6 is 0 Å². The Kier molecular flexibility index (Phi) is 4.04. The maximum absolute atomic E-state index is 13.6. The molecule has 96 valence electrons. The van der Waals surface area contributed by atoms with E-state index >= 15 is 0 Å². The highest BCUT2D eigenvalue weighted by molar-refractivity contribution is 5.60. The topological polar surface area (TPSA) is 35.0 Å². The van der Waals surface area contributed by atoms with Crippen LogP contribution in [0.2, 0.25) is 0 Å². The molecule has 0 bridgehead atoms. The summed E-state index contributed by atoms with van der Waals surface area (Å²) in [5, 5.41) is 0. The Morgan fingerprint density at radius 2 is 2.11 bits per heavy atom. The fourth-order valence-electron chi connectivity index (χ4n) is 1.45. The molecule has 5 heteroatoms. The van der Waals surface area contributed by atoms with Gasteiger partial charge in [-0.2, -0.15) is 0 Å². The van der Waals surface area contributed by atoms with Crippen molar-refractivity contribution in [1.29, 1.82) is 0 Å². The van der Waals surface area contributed by atoms with E-state index < -0.39 is 11.6 Å². The van der Waals surface area contributed by atoms with Crippen LogP contribution in [0.5, 0.6) is 5.88 Å². The minimum Gasteiger partial charge on any atom is -0.464 e. The van der Waals surface area contributed by atoms with E-state index in [0.717, 1.165) is 6.07 Å². The quantitative estimate of drug-likeness (QED) is 0.796. The molecular weight excluding hydrogens is 250 g/mol. The van der Waals surface area contributed by atoms with Gasteiger partial charge in [-0.15, -0.1) is 5.92 Å². The minimum absolute atomic E-state index is 0.0637. The lowest BCUT2D eigenvalue weighted by Gasteiger charge is -2.05. The summed E-state index contributed by atoms with van der Waals surface area (Å²) in [6.07, 6.45) is 1.23. The first-order valence-electron chi connectivity index (χ1n) is 5.51. The van der Waals surface area contributed by atoms with Crippen molar-refractivity contribution in [2.75, 3.05) is 6.61 Å². The van der Waals surface area contributed by atoms with E-state index in [1.807, 2.05) is 0 Å². The number of hydrogen-bond acceptors (Lipinski definition) is 3. The maximum Gasteiger partial charge on any atom is 0.217 e. The van der Waals surface area contributed by atoms with E-state index in [9.17, 15) is 8.78 Å². The van der Waals surface area contributed by atoms with Crippen LogP contribution < -0.4 is 4.74 Å². The number of rotatable bonds is 3. The van der Waals surface area contributed by atoms with E-state index in [2.05, 4.69) is 21.8 Å². The number of hydrogen-bond donors (Lipinski definition) is 0. The lowest BCUT2D eigenvalue weighted by atomic mass is 10.1. The summed E-state index contributed by atoms with van der Waals surface area (Å²) in [6.45, 7) is 1.87. The lowest BCUT2D eigenvalue weighted by Crippen LogP contribution is -1.98. The third-order valence-electron chi connectivity index (χ3n) is 2.34. The second-order valence-electron chi connectivity index (χ2n) is 3.56. The molecule has 3 nitrogen and oxygen atoms in total. The molecule has 1 heterocycles. The van der Waals surface area contributed by atoms with E-state index in [0.29, 0.717) is 0 Å². The van der Waals surface area contributed by atoms with Gasteiger partial charge in [-0.3, -0.25) is 0 Å². The number of benzene rings is 1. The van der Waals surface area contributed by atoms with Crippen LogP contribution in [0.15, 0.2) is 30.6 Å². The molecule has 2 rings (SSSR count). The standard InChI is InChI=1S/C14H10F2N2O/c1-2-3-7-19-13-8-12(17-9-18-13)10-5-4-6-11(15)14(10)16/h4-6,8-9H,7H2,1H3. The highest BCUT2D eigenvalue weighted by Gasteiger charge is 2.11. The minimum atomic E-state index is -0.944. The summed E-state index contributed by atoms with van der Waals surface area (Å²) >= 11 is 0. The van der Waals surface area contributed by atoms with Crippen LogP contribution in [0.4, 0.5) is 8.78 Å². The second-order valence-corrected chi connectivity index (χ2v) is 3.56. The smallest absolute Gasteiger partial charge is 0.217 e. The molecule has 0 saturated carbocycles. The summed E-state index contributed by atoms with van der Waals surface area (Å²) in [4.78, 5) is 7.78. The Bertz CT molecular complexity index is 647. The Morgan fingerprint density at radius 3 is 2.89 bits per heavy atom. The van der Waals surface area contributed by atoms with Gasteiger partial charge in [-0.05, 0) is 19.1 Å². The van der Waals surface area contributed by atoms with Crippen LogP contribution in [0.25, 0.3) is 11.3 Å². The predicted octanol–water partition coefficient (Wildman–Crippen LogP) is 2.82. The van der Waals surface area contributed by atoms with Gasteiger partial charge >= 0.3 is 0 Å². The molecule has 0 aliphatic heterocycles. The molecular formula is C14H10F2N2O. The van der Waals surface area contributed by atoms with Gasteiger partial charge in [0.05, 0.1) is 5.69 Å². The molecule has 1 aromatic heterocycles. The van der Waals surface area contributed by atoms with Crippen molar-refractivity contribution in [3.05, 3.63) is 42.2 Å². The Morgan fingerprint density at radius 1 is 1.26 bits per heavy atom. The van der Waals surface area contributed by atoms with Gasteiger partial charge in [0.2, 0.25) is 5.88 Å². The van der Waals surface area contributed by atoms with E-state index in [4.69, 9.17) is 4.74 Å². The van der Waals surface area contributed by atoms with Gasteiger partial charge in [0.25, 0.3) is 0 Å². The number of ether oxygens (including phenoxy) is 1. The first-order chi connectivity index (χ1) is 9.22. The average molecular weight is 260 g/mol. The molecule has 0 atom stereocenters. The molecule has 0 amide bonds. The monoisotopic (exact) mass is 260 g/mol. The van der Waals surface area contributed by atoms with Gasteiger partial charge in [0.1, 0.15) is 6.33 Å². The normalized spacial score (nSPS) is 9.63. The SMILES string of the molecule is CC#CCOc1cc(-c2cccc(F)c2F)ncn1. The molecule has 0 saturated heterocycles. The molecule has 0 unspecified atom stereocenters. The van der Waals surface area contributed by atoms with Crippen molar-refractivity contribution in [3.8, 4) is 29.0 Å². The van der Waals surface area contributed by atoms with E-state index in [1.54, 1.807) is 6.92 Å². The van der Waals surface area contributed by atoms with Crippen LogP contribution in [0.1, 0.15) is 6.92 Å². The van der Waals surface area contributed by atoms with E-state index in [-0.39, 0.29) is 23.7 Å². The van der Waals surface area contributed by atoms with Crippen LogP contribution in [0, 0.1) is 23.5 Å². The van der Waals surface area contributed by atoms with Gasteiger partial charge in [-0.25, -0.2) is 18.7 Å². The second kappa shape index (κ2) is 5.91. The van der Waals surface area contributed by atoms with Crippen molar-refractivity contribution in [2.45, 2.75) is 6.92 Å². The molecule has 0 spiro atoms. The van der Waals surface area contributed by atoms with Gasteiger partial charge in [0.15, 0.2) is 18.2 Å². The molecule has 0 fully saturated rings. The van der Waals surface area contributed by atoms with Crippen molar-refractivity contribution >= 4 is 0 Å². The zero-order valence-corrected chi connectivity index (χ0v) is 10.2. The van der Waals surface area contributed by atoms with Crippen molar-refractivity contribution < 1.29 is 13.5 Å². The first kappa shape index (κ1) is 13.0. The molecule has 2 aromatic rings. The molecule has 0 radical (unpaired) electrons. The fraction of sp³-hybridized carbons (Fsp3) is 0.143. The third kappa shape index (κ3) is 3.05. The molecule has 0 aliphatic carbocycles. The maximum atomic E-state index is 13.6. The zero-order chi connectivity index (χ0) is 13.7. The largest absolute Gasteiger partial charge is 0.464 e. The van der Waals surface area contributed by atoms with Gasteiger partial charge in [-0.1, -0.05) is 12.0 Å². The van der Waals surface area contributed by atoms with E-state index in [1.165, 1.54) is 24.5 Å². The Balaban J connectivity index is 2.31. The lowest BCUT2D eigenvalue weighted by molar-refractivity contribution is 0.354. The summed E-state index contributed by atoms with van der Waals surface area (Å²) in [5.74, 6) is 3.78. The summed E-state index contributed by atoms with van der Waals surface area (Å²) in [5.41, 5.74) is 0.320. The average Bonchev–Trinajstić information content (AvgIpc) is 2.43. The summed E-state index contributed by atoms with van der Waals surface area (Å²) in [6, 6.07) is 5.35. The number of aromatic nitrogens is 2. The highest BCUT2D eigenvalue weighted by atomic mass is 19.2. The van der Waals surface area contributed by atoms with Gasteiger partial charge < -0.3 is 4.74 Å². The van der Waals surface area contributed by atoms with Crippen LogP contribution in [-0.4, -0.2) is 16.6 Å².